The quantitative estimate of drug-likeness (QED) is 0.876. The lowest BCUT2D eigenvalue weighted by molar-refractivity contribution is 0.718. The fourth-order valence-electron chi connectivity index (χ4n) is 1.41. The van der Waals surface area contributed by atoms with Crippen LogP contribution in [-0.2, 0) is 6.54 Å². The summed E-state index contributed by atoms with van der Waals surface area (Å²) in [5, 5.41) is 11.4. The van der Waals surface area contributed by atoms with Gasteiger partial charge >= 0.3 is 0 Å². The molecule has 0 aliphatic carbocycles. The van der Waals surface area contributed by atoms with Gasteiger partial charge < -0.3 is 5.32 Å². The van der Waals surface area contributed by atoms with Crippen molar-refractivity contribution in [3.05, 3.63) is 35.1 Å². The van der Waals surface area contributed by atoms with Gasteiger partial charge in [0.05, 0.1) is 5.02 Å². The third-order valence-electron chi connectivity index (χ3n) is 2.21. The van der Waals surface area contributed by atoms with Crippen molar-refractivity contribution in [1.29, 1.82) is 0 Å². The summed E-state index contributed by atoms with van der Waals surface area (Å²) in [5.41, 5.74) is 1.17. The number of hydrogen-bond donors (Lipinski definition) is 2. The number of H-pyrrole nitrogens is 1. The van der Waals surface area contributed by atoms with Gasteiger partial charge in [0.1, 0.15) is 6.33 Å². The molecule has 0 spiro atoms. The van der Waals surface area contributed by atoms with E-state index in [-0.39, 0.29) is 0 Å². The maximum Gasteiger partial charge on any atom is 0.188 e. The molecule has 90 valence electrons. The van der Waals surface area contributed by atoms with Gasteiger partial charge in [0, 0.05) is 11.4 Å². The molecule has 1 aromatic carbocycles. The Bertz CT molecular complexity index is 472. The normalized spacial score (nSPS) is 10.7. The van der Waals surface area contributed by atoms with Crippen molar-refractivity contribution in [2.45, 2.75) is 23.5 Å². The van der Waals surface area contributed by atoms with E-state index in [0.717, 1.165) is 28.2 Å². The summed E-state index contributed by atoms with van der Waals surface area (Å²) in [6.07, 6.45) is 1.49. The van der Waals surface area contributed by atoms with E-state index in [4.69, 9.17) is 11.6 Å². The first kappa shape index (κ1) is 12.4. The molecule has 6 heteroatoms. The predicted molar refractivity (Wildman–Crippen MR) is 69.3 cm³/mol. The summed E-state index contributed by atoms with van der Waals surface area (Å²) in [7, 11) is 0. The summed E-state index contributed by atoms with van der Waals surface area (Å²) in [4.78, 5) is 5.11. The molecular weight excluding hydrogens is 256 g/mol. The molecule has 0 bridgehead atoms. The Hall–Kier alpha value is -1.04. The van der Waals surface area contributed by atoms with Crippen LogP contribution in [0.4, 0.5) is 0 Å². The van der Waals surface area contributed by atoms with E-state index in [9.17, 15) is 0 Å². The predicted octanol–water partition coefficient (Wildman–Crippen LogP) is 2.72. The largest absolute Gasteiger partial charge is 0.313 e. The first-order valence-corrected chi connectivity index (χ1v) is 6.52. The first-order valence-electron chi connectivity index (χ1n) is 5.32. The van der Waals surface area contributed by atoms with Gasteiger partial charge in [0.2, 0.25) is 0 Å². The molecule has 0 unspecified atom stereocenters. The summed E-state index contributed by atoms with van der Waals surface area (Å²) >= 11 is 7.71. The Kier molecular flexibility index (Phi) is 4.42. The number of hydrogen-bond acceptors (Lipinski definition) is 4. The van der Waals surface area contributed by atoms with Crippen molar-refractivity contribution in [3.8, 4) is 0 Å². The number of halogens is 1. The molecule has 0 saturated heterocycles. The van der Waals surface area contributed by atoms with Crippen LogP contribution in [0.2, 0.25) is 5.02 Å². The standard InChI is InChI=1S/C11H13ClN4S/c1-2-13-6-8-4-3-5-9(12)10(8)17-11-14-7-15-16-11/h3-5,7,13H,2,6H2,1H3,(H,14,15,16). The number of nitrogens with zero attached hydrogens (tertiary/aromatic N) is 2. The lowest BCUT2D eigenvalue weighted by atomic mass is 10.2. The van der Waals surface area contributed by atoms with Crippen LogP contribution in [0.5, 0.6) is 0 Å². The molecule has 2 N–H and O–H groups in total. The second-order valence-electron chi connectivity index (χ2n) is 3.40. The van der Waals surface area contributed by atoms with E-state index in [1.165, 1.54) is 23.7 Å². The van der Waals surface area contributed by atoms with E-state index in [1.54, 1.807) is 0 Å². The minimum Gasteiger partial charge on any atom is -0.313 e. The highest BCUT2D eigenvalue weighted by atomic mass is 35.5. The average molecular weight is 269 g/mol. The van der Waals surface area contributed by atoms with Gasteiger partial charge in [-0.3, -0.25) is 5.10 Å². The molecular formula is C11H13ClN4S. The van der Waals surface area contributed by atoms with Crippen molar-refractivity contribution < 1.29 is 0 Å². The number of nitrogens with one attached hydrogen (secondary N) is 2. The second kappa shape index (κ2) is 6.05. The Morgan fingerprint density at radius 1 is 1.47 bits per heavy atom. The maximum absolute atomic E-state index is 6.21. The highest BCUT2D eigenvalue weighted by Crippen LogP contribution is 2.34. The van der Waals surface area contributed by atoms with Crippen molar-refractivity contribution in [2.24, 2.45) is 0 Å². The Labute approximate surface area is 109 Å². The van der Waals surface area contributed by atoms with Crippen molar-refractivity contribution >= 4 is 23.4 Å². The van der Waals surface area contributed by atoms with Crippen molar-refractivity contribution in [2.75, 3.05) is 6.54 Å². The fourth-order valence-corrected chi connectivity index (χ4v) is 2.55. The van der Waals surface area contributed by atoms with Crippen LogP contribution in [-0.4, -0.2) is 21.7 Å². The van der Waals surface area contributed by atoms with Crippen LogP contribution in [0.3, 0.4) is 0 Å². The van der Waals surface area contributed by atoms with Crippen LogP contribution >= 0.6 is 23.4 Å². The van der Waals surface area contributed by atoms with Gasteiger partial charge in [-0.1, -0.05) is 30.7 Å². The highest BCUT2D eigenvalue weighted by Gasteiger charge is 2.10. The molecule has 0 fully saturated rings. The number of rotatable bonds is 5. The first-order chi connectivity index (χ1) is 8.31. The van der Waals surface area contributed by atoms with E-state index in [2.05, 4.69) is 33.5 Å². The summed E-state index contributed by atoms with van der Waals surface area (Å²) in [6, 6.07) is 5.91. The molecule has 1 heterocycles. The lowest BCUT2D eigenvalue weighted by Gasteiger charge is -2.09. The minimum atomic E-state index is 0.738. The molecule has 0 saturated carbocycles. The zero-order chi connectivity index (χ0) is 12.1. The molecule has 0 aliphatic heterocycles. The van der Waals surface area contributed by atoms with E-state index < -0.39 is 0 Å². The molecule has 17 heavy (non-hydrogen) atoms. The highest BCUT2D eigenvalue weighted by molar-refractivity contribution is 7.99. The summed E-state index contributed by atoms with van der Waals surface area (Å²) in [6.45, 7) is 3.81. The number of benzene rings is 1. The van der Waals surface area contributed by atoms with Crippen molar-refractivity contribution in [1.82, 2.24) is 20.5 Å². The summed E-state index contributed by atoms with van der Waals surface area (Å²) < 4.78 is 0. The zero-order valence-corrected chi connectivity index (χ0v) is 11.0. The van der Waals surface area contributed by atoms with E-state index >= 15 is 0 Å². The van der Waals surface area contributed by atoms with Gasteiger partial charge in [-0.25, -0.2) is 4.98 Å². The fraction of sp³-hybridized carbons (Fsp3) is 0.273. The maximum atomic E-state index is 6.21. The molecule has 0 atom stereocenters. The van der Waals surface area contributed by atoms with Crippen LogP contribution < -0.4 is 5.32 Å². The number of aromatic nitrogens is 3. The molecule has 0 aliphatic rings. The van der Waals surface area contributed by atoms with Crippen LogP contribution in [0, 0.1) is 0 Å². The van der Waals surface area contributed by atoms with Gasteiger partial charge in [-0.2, -0.15) is 5.10 Å². The van der Waals surface area contributed by atoms with Gasteiger partial charge in [0.25, 0.3) is 0 Å². The second-order valence-corrected chi connectivity index (χ2v) is 4.81. The number of aromatic amines is 1. The molecule has 2 rings (SSSR count). The third kappa shape index (κ3) is 3.21. The molecule has 0 amide bonds. The molecule has 4 nitrogen and oxygen atoms in total. The van der Waals surface area contributed by atoms with Gasteiger partial charge in [-0.05, 0) is 29.9 Å². The van der Waals surface area contributed by atoms with Gasteiger partial charge in [-0.15, -0.1) is 0 Å². The smallest absolute Gasteiger partial charge is 0.188 e. The lowest BCUT2D eigenvalue weighted by Crippen LogP contribution is -2.12. The SMILES string of the molecule is CCNCc1cccc(Cl)c1Sc1ncn[nH]1. The monoisotopic (exact) mass is 268 g/mol. The van der Waals surface area contributed by atoms with Crippen LogP contribution in [0.25, 0.3) is 0 Å². The minimum absolute atomic E-state index is 0.738. The third-order valence-corrected chi connectivity index (χ3v) is 3.71. The summed E-state index contributed by atoms with van der Waals surface area (Å²) in [5.74, 6) is 0. The van der Waals surface area contributed by atoms with E-state index in [1.807, 2.05) is 12.1 Å². The van der Waals surface area contributed by atoms with E-state index in [0.29, 0.717) is 0 Å². The zero-order valence-electron chi connectivity index (χ0n) is 9.40. The Morgan fingerprint density at radius 2 is 2.35 bits per heavy atom. The van der Waals surface area contributed by atoms with Crippen LogP contribution in [0.1, 0.15) is 12.5 Å². The van der Waals surface area contributed by atoms with Crippen LogP contribution in [0.15, 0.2) is 34.6 Å². The molecule has 2 aromatic rings. The van der Waals surface area contributed by atoms with Gasteiger partial charge in [0.15, 0.2) is 5.16 Å². The Balaban J connectivity index is 2.24. The Morgan fingerprint density at radius 3 is 3.06 bits per heavy atom. The average Bonchev–Trinajstić information content (AvgIpc) is 2.83. The van der Waals surface area contributed by atoms with Crippen molar-refractivity contribution in [3.63, 3.8) is 0 Å². The molecule has 1 aromatic heterocycles. The molecule has 0 radical (unpaired) electrons. The topological polar surface area (TPSA) is 53.6 Å².